The molecule has 0 radical (unpaired) electrons. The Morgan fingerprint density at radius 2 is 2.00 bits per heavy atom. The molecule has 1 rings (SSSR count). The SMILES string of the molecule is CC(=O)NC(CC(=O)O)CC1CCCC1. The van der Waals surface area contributed by atoms with Crippen molar-refractivity contribution in [3.63, 3.8) is 0 Å². The number of carboxylic acids is 1. The van der Waals surface area contributed by atoms with Crippen molar-refractivity contribution in [1.29, 1.82) is 0 Å². The van der Waals surface area contributed by atoms with Gasteiger partial charge in [-0.15, -0.1) is 0 Å². The van der Waals surface area contributed by atoms with Crippen molar-refractivity contribution in [2.24, 2.45) is 5.92 Å². The molecule has 1 atom stereocenters. The van der Waals surface area contributed by atoms with Gasteiger partial charge in [0.2, 0.25) is 5.91 Å². The minimum atomic E-state index is -0.841. The number of carbonyl (C=O) groups is 2. The molecule has 0 aromatic heterocycles. The first-order valence-corrected chi connectivity index (χ1v) is 5.57. The molecular weight excluding hydrogens is 194 g/mol. The topological polar surface area (TPSA) is 66.4 Å². The van der Waals surface area contributed by atoms with Gasteiger partial charge in [-0.3, -0.25) is 9.59 Å². The predicted octanol–water partition coefficient (Wildman–Crippen LogP) is 1.55. The molecule has 0 aromatic carbocycles. The second-order valence-corrected chi connectivity index (χ2v) is 4.38. The van der Waals surface area contributed by atoms with Gasteiger partial charge in [0, 0.05) is 13.0 Å². The highest BCUT2D eigenvalue weighted by Gasteiger charge is 2.22. The van der Waals surface area contributed by atoms with Crippen LogP contribution in [-0.2, 0) is 9.59 Å². The van der Waals surface area contributed by atoms with Crippen LogP contribution in [0.3, 0.4) is 0 Å². The van der Waals surface area contributed by atoms with Crippen molar-refractivity contribution < 1.29 is 14.7 Å². The first-order valence-electron chi connectivity index (χ1n) is 5.57. The summed E-state index contributed by atoms with van der Waals surface area (Å²) in [6, 6.07) is -0.192. The lowest BCUT2D eigenvalue weighted by atomic mass is 9.96. The van der Waals surface area contributed by atoms with Gasteiger partial charge in [0.05, 0.1) is 6.42 Å². The van der Waals surface area contributed by atoms with Crippen LogP contribution < -0.4 is 5.32 Å². The molecule has 1 fully saturated rings. The summed E-state index contributed by atoms with van der Waals surface area (Å²) in [6.07, 6.45) is 5.68. The van der Waals surface area contributed by atoms with Crippen LogP contribution >= 0.6 is 0 Å². The molecule has 0 aromatic rings. The zero-order valence-corrected chi connectivity index (χ0v) is 9.16. The predicted molar refractivity (Wildman–Crippen MR) is 56.4 cm³/mol. The Kier molecular flexibility index (Phi) is 4.59. The Balaban J connectivity index is 2.39. The summed E-state index contributed by atoms with van der Waals surface area (Å²) in [5.41, 5.74) is 0. The van der Waals surface area contributed by atoms with Crippen LogP contribution in [0.15, 0.2) is 0 Å². The molecule has 0 heterocycles. The molecular formula is C11H19NO3. The zero-order chi connectivity index (χ0) is 11.3. The molecule has 4 nitrogen and oxygen atoms in total. The van der Waals surface area contributed by atoms with E-state index in [0.29, 0.717) is 5.92 Å². The molecule has 1 aliphatic rings. The van der Waals surface area contributed by atoms with Crippen molar-refractivity contribution in [1.82, 2.24) is 5.32 Å². The largest absolute Gasteiger partial charge is 0.481 e. The molecule has 4 heteroatoms. The van der Waals surface area contributed by atoms with Crippen LogP contribution in [0.4, 0.5) is 0 Å². The summed E-state index contributed by atoms with van der Waals surface area (Å²) >= 11 is 0. The van der Waals surface area contributed by atoms with Gasteiger partial charge in [-0.1, -0.05) is 25.7 Å². The molecule has 2 N–H and O–H groups in total. The van der Waals surface area contributed by atoms with Gasteiger partial charge in [-0.05, 0) is 12.3 Å². The Bertz CT molecular complexity index is 218. The van der Waals surface area contributed by atoms with Crippen molar-refractivity contribution in [2.75, 3.05) is 0 Å². The lowest BCUT2D eigenvalue weighted by Gasteiger charge is -2.19. The Morgan fingerprint density at radius 3 is 2.47 bits per heavy atom. The molecule has 1 aliphatic carbocycles. The van der Waals surface area contributed by atoms with Gasteiger partial charge in [0.1, 0.15) is 0 Å². The average molecular weight is 213 g/mol. The van der Waals surface area contributed by atoms with Gasteiger partial charge in [-0.25, -0.2) is 0 Å². The number of nitrogens with one attached hydrogen (secondary N) is 1. The van der Waals surface area contributed by atoms with Crippen LogP contribution in [0.25, 0.3) is 0 Å². The fourth-order valence-corrected chi connectivity index (χ4v) is 2.34. The van der Waals surface area contributed by atoms with E-state index in [0.717, 1.165) is 6.42 Å². The molecule has 15 heavy (non-hydrogen) atoms. The van der Waals surface area contributed by atoms with Gasteiger partial charge in [-0.2, -0.15) is 0 Å². The maximum atomic E-state index is 10.9. The van der Waals surface area contributed by atoms with Crippen molar-refractivity contribution >= 4 is 11.9 Å². The van der Waals surface area contributed by atoms with E-state index in [2.05, 4.69) is 5.32 Å². The Hall–Kier alpha value is -1.06. The van der Waals surface area contributed by atoms with E-state index in [1.165, 1.54) is 32.6 Å². The van der Waals surface area contributed by atoms with Gasteiger partial charge >= 0.3 is 5.97 Å². The molecule has 0 aliphatic heterocycles. The Morgan fingerprint density at radius 1 is 1.40 bits per heavy atom. The normalized spacial score (nSPS) is 18.7. The molecule has 0 spiro atoms. The number of aliphatic carboxylic acids is 1. The van der Waals surface area contributed by atoms with Crippen LogP contribution in [-0.4, -0.2) is 23.0 Å². The first kappa shape index (κ1) is 12.0. The molecule has 1 unspecified atom stereocenters. The molecule has 86 valence electrons. The number of carbonyl (C=O) groups excluding carboxylic acids is 1. The van der Waals surface area contributed by atoms with Gasteiger partial charge < -0.3 is 10.4 Å². The first-order chi connectivity index (χ1) is 7.08. The van der Waals surface area contributed by atoms with E-state index >= 15 is 0 Å². The van der Waals surface area contributed by atoms with E-state index in [-0.39, 0.29) is 18.4 Å². The highest BCUT2D eigenvalue weighted by Crippen LogP contribution is 2.29. The lowest BCUT2D eigenvalue weighted by Crippen LogP contribution is -2.36. The number of amides is 1. The fourth-order valence-electron chi connectivity index (χ4n) is 2.34. The number of hydrogen-bond donors (Lipinski definition) is 2. The number of hydrogen-bond acceptors (Lipinski definition) is 2. The van der Waals surface area contributed by atoms with E-state index in [1.54, 1.807) is 0 Å². The van der Waals surface area contributed by atoms with Gasteiger partial charge in [0.25, 0.3) is 0 Å². The van der Waals surface area contributed by atoms with Crippen LogP contribution in [0.2, 0.25) is 0 Å². The van der Waals surface area contributed by atoms with E-state index < -0.39 is 5.97 Å². The summed E-state index contributed by atoms with van der Waals surface area (Å²) in [4.78, 5) is 21.5. The molecule has 1 saturated carbocycles. The van der Waals surface area contributed by atoms with Crippen LogP contribution in [0.5, 0.6) is 0 Å². The summed E-state index contributed by atoms with van der Waals surface area (Å²) < 4.78 is 0. The zero-order valence-electron chi connectivity index (χ0n) is 9.16. The summed E-state index contributed by atoms with van der Waals surface area (Å²) in [6.45, 7) is 1.43. The third-order valence-electron chi connectivity index (χ3n) is 2.92. The van der Waals surface area contributed by atoms with Crippen molar-refractivity contribution in [2.45, 2.75) is 51.5 Å². The third-order valence-corrected chi connectivity index (χ3v) is 2.92. The Labute approximate surface area is 90.0 Å². The monoisotopic (exact) mass is 213 g/mol. The summed E-state index contributed by atoms with van der Waals surface area (Å²) in [7, 11) is 0. The van der Waals surface area contributed by atoms with E-state index in [9.17, 15) is 9.59 Å². The number of rotatable bonds is 5. The van der Waals surface area contributed by atoms with Crippen LogP contribution in [0.1, 0.15) is 45.4 Å². The van der Waals surface area contributed by atoms with E-state index in [4.69, 9.17) is 5.11 Å². The maximum Gasteiger partial charge on any atom is 0.305 e. The summed E-state index contributed by atoms with van der Waals surface area (Å²) in [5.74, 6) is -0.382. The minimum Gasteiger partial charge on any atom is -0.481 e. The minimum absolute atomic E-state index is 0.0378. The highest BCUT2D eigenvalue weighted by molar-refractivity contribution is 5.74. The van der Waals surface area contributed by atoms with Crippen molar-refractivity contribution in [3.05, 3.63) is 0 Å². The van der Waals surface area contributed by atoms with Crippen LogP contribution in [0, 0.1) is 5.92 Å². The highest BCUT2D eigenvalue weighted by atomic mass is 16.4. The quantitative estimate of drug-likeness (QED) is 0.728. The molecule has 0 bridgehead atoms. The van der Waals surface area contributed by atoms with Gasteiger partial charge in [0.15, 0.2) is 0 Å². The van der Waals surface area contributed by atoms with E-state index in [1.807, 2.05) is 0 Å². The molecule has 0 saturated heterocycles. The maximum absolute atomic E-state index is 10.9. The third kappa shape index (κ3) is 4.81. The smallest absolute Gasteiger partial charge is 0.305 e. The number of carboxylic acid groups (broad SMARTS) is 1. The lowest BCUT2D eigenvalue weighted by molar-refractivity contribution is -0.137. The fraction of sp³-hybridized carbons (Fsp3) is 0.818. The standard InChI is InChI=1S/C11H19NO3/c1-8(13)12-10(7-11(14)15)6-9-4-2-3-5-9/h9-10H,2-7H2,1H3,(H,12,13)(H,14,15). The summed E-state index contributed by atoms with van der Waals surface area (Å²) in [5, 5.41) is 11.4. The second-order valence-electron chi connectivity index (χ2n) is 4.38. The molecule has 1 amide bonds. The van der Waals surface area contributed by atoms with Crippen molar-refractivity contribution in [3.8, 4) is 0 Å². The average Bonchev–Trinajstić information content (AvgIpc) is 2.53. The second kappa shape index (κ2) is 5.73.